The monoisotopic (exact) mass is 463 g/mol. The molecule has 3 rings (SSSR count). The summed E-state index contributed by atoms with van der Waals surface area (Å²) in [6, 6.07) is 10.4. The molecule has 0 bridgehead atoms. The molecule has 3 aromatic rings. The van der Waals surface area contributed by atoms with E-state index in [2.05, 4.69) is 32.7 Å². The van der Waals surface area contributed by atoms with Crippen LogP contribution in [0.15, 0.2) is 58.7 Å². The lowest BCUT2D eigenvalue weighted by Crippen LogP contribution is -2.02. The van der Waals surface area contributed by atoms with Crippen LogP contribution in [-0.4, -0.2) is 29.0 Å². The van der Waals surface area contributed by atoms with Crippen LogP contribution in [0.5, 0.6) is 11.5 Å². The van der Waals surface area contributed by atoms with Gasteiger partial charge in [0.1, 0.15) is 5.82 Å². The number of benzene rings is 2. The summed E-state index contributed by atoms with van der Waals surface area (Å²) in [7, 11) is 3.20. The van der Waals surface area contributed by atoms with Gasteiger partial charge in [0, 0.05) is 12.3 Å². The molecule has 0 aliphatic heterocycles. The second kappa shape index (κ2) is 9.25. The van der Waals surface area contributed by atoms with Gasteiger partial charge in [-0.25, -0.2) is 4.39 Å². The van der Waals surface area contributed by atoms with Crippen LogP contribution in [0.4, 0.5) is 4.39 Å². The van der Waals surface area contributed by atoms with Gasteiger partial charge in [-0.1, -0.05) is 36.0 Å². The van der Waals surface area contributed by atoms with Gasteiger partial charge in [0.25, 0.3) is 0 Å². The molecule has 1 heterocycles. The van der Waals surface area contributed by atoms with Gasteiger partial charge in [-0.2, -0.15) is 0 Å². The van der Waals surface area contributed by atoms with Gasteiger partial charge >= 0.3 is 0 Å². The van der Waals surface area contributed by atoms with E-state index in [-0.39, 0.29) is 5.82 Å². The molecule has 0 radical (unpaired) electrons. The van der Waals surface area contributed by atoms with E-state index in [9.17, 15) is 4.39 Å². The first kappa shape index (κ1) is 20.4. The molecule has 0 saturated carbocycles. The summed E-state index contributed by atoms with van der Waals surface area (Å²) < 4.78 is 27.6. The summed E-state index contributed by atoms with van der Waals surface area (Å²) in [5, 5.41) is 9.15. The highest BCUT2D eigenvalue weighted by Gasteiger charge is 2.18. The maximum Gasteiger partial charge on any atom is 0.192 e. The molecule has 0 unspecified atom stereocenters. The molecule has 0 aliphatic rings. The first-order valence-corrected chi connectivity index (χ1v) is 10.2. The predicted molar refractivity (Wildman–Crippen MR) is 112 cm³/mol. The SMILES string of the molecule is C=CCn1c(SCc2ccc(OC)c(OC)c2Br)nnc1-c1ccccc1F. The van der Waals surface area contributed by atoms with Crippen LogP contribution in [0.2, 0.25) is 0 Å². The molecular formula is C20H19BrFN3O2S. The highest BCUT2D eigenvalue weighted by molar-refractivity contribution is 9.10. The van der Waals surface area contributed by atoms with Crippen molar-refractivity contribution >= 4 is 27.7 Å². The fraction of sp³-hybridized carbons (Fsp3) is 0.200. The summed E-state index contributed by atoms with van der Waals surface area (Å²) in [4.78, 5) is 0. The molecule has 0 fully saturated rings. The Morgan fingerprint density at radius 1 is 1.18 bits per heavy atom. The number of allylic oxidation sites excluding steroid dienone is 1. The van der Waals surface area contributed by atoms with Crippen molar-refractivity contribution in [2.45, 2.75) is 17.5 Å². The Kier molecular flexibility index (Phi) is 6.74. The van der Waals surface area contributed by atoms with Crippen LogP contribution < -0.4 is 9.47 Å². The van der Waals surface area contributed by atoms with Gasteiger partial charge in [-0.05, 0) is 39.7 Å². The minimum Gasteiger partial charge on any atom is -0.493 e. The maximum absolute atomic E-state index is 14.2. The van der Waals surface area contributed by atoms with Crippen LogP contribution in [-0.2, 0) is 12.3 Å². The van der Waals surface area contributed by atoms with Gasteiger partial charge in [0.2, 0.25) is 0 Å². The van der Waals surface area contributed by atoms with E-state index >= 15 is 0 Å². The molecule has 0 spiro atoms. The second-order valence-electron chi connectivity index (χ2n) is 5.75. The van der Waals surface area contributed by atoms with E-state index in [4.69, 9.17) is 9.47 Å². The number of hydrogen-bond donors (Lipinski definition) is 0. The highest BCUT2D eigenvalue weighted by atomic mass is 79.9. The number of aromatic nitrogens is 3. The Balaban J connectivity index is 1.90. The Morgan fingerprint density at radius 2 is 1.96 bits per heavy atom. The second-order valence-corrected chi connectivity index (χ2v) is 7.48. The first-order valence-electron chi connectivity index (χ1n) is 8.41. The lowest BCUT2D eigenvalue weighted by molar-refractivity contribution is 0.353. The summed E-state index contributed by atoms with van der Waals surface area (Å²) >= 11 is 5.08. The molecule has 0 atom stereocenters. The molecule has 1 aromatic heterocycles. The Bertz CT molecular complexity index is 994. The van der Waals surface area contributed by atoms with E-state index in [1.807, 2.05) is 16.7 Å². The molecule has 0 amide bonds. The molecule has 0 N–H and O–H groups in total. The Morgan fingerprint density at radius 3 is 2.64 bits per heavy atom. The van der Waals surface area contributed by atoms with Crippen LogP contribution in [0.25, 0.3) is 11.4 Å². The van der Waals surface area contributed by atoms with Crippen molar-refractivity contribution in [1.29, 1.82) is 0 Å². The minimum atomic E-state index is -0.334. The number of methoxy groups -OCH3 is 2. The number of hydrogen-bond acceptors (Lipinski definition) is 5. The summed E-state index contributed by atoms with van der Waals surface area (Å²) in [5.41, 5.74) is 1.43. The van der Waals surface area contributed by atoms with Crippen molar-refractivity contribution in [3.05, 3.63) is 64.9 Å². The van der Waals surface area contributed by atoms with Crippen LogP contribution in [0.3, 0.4) is 0 Å². The third kappa shape index (κ3) is 4.07. The van der Waals surface area contributed by atoms with E-state index < -0.39 is 0 Å². The number of thioether (sulfide) groups is 1. The smallest absolute Gasteiger partial charge is 0.192 e. The van der Waals surface area contributed by atoms with E-state index in [0.29, 0.717) is 40.3 Å². The molecule has 0 saturated heterocycles. The van der Waals surface area contributed by atoms with Crippen molar-refractivity contribution in [3.63, 3.8) is 0 Å². The van der Waals surface area contributed by atoms with Crippen molar-refractivity contribution < 1.29 is 13.9 Å². The normalized spacial score (nSPS) is 10.7. The van der Waals surface area contributed by atoms with E-state index in [1.165, 1.54) is 17.8 Å². The molecular weight excluding hydrogens is 445 g/mol. The maximum atomic E-state index is 14.2. The third-order valence-corrected chi connectivity index (χ3v) is 5.95. The van der Waals surface area contributed by atoms with Gasteiger partial charge < -0.3 is 9.47 Å². The largest absolute Gasteiger partial charge is 0.493 e. The molecule has 8 heteroatoms. The minimum absolute atomic E-state index is 0.334. The van der Waals surface area contributed by atoms with Crippen molar-refractivity contribution in [1.82, 2.24) is 14.8 Å². The van der Waals surface area contributed by atoms with E-state index in [1.54, 1.807) is 38.5 Å². The predicted octanol–water partition coefficient (Wildman–Crippen LogP) is 5.34. The van der Waals surface area contributed by atoms with Crippen LogP contribution >= 0.6 is 27.7 Å². The Hall–Kier alpha value is -2.32. The highest BCUT2D eigenvalue weighted by Crippen LogP contribution is 2.39. The fourth-order valence-corrected chi connectivity index (χ4v) is 4.47. The molecule has 0 aliphatic carbocycles. The molecule has 5 nitrogen and oxygen atoms in total. The van der Waals surface area contributed by atoms with Crippen LogP contribution in [0, 0.1) is 5.82 Å². The fourth-order valence-electron chi connectivity index (χ4n) is 2.71. The number of ether oxygens (including phenoxy) is 2. The topological polar surface area (TPSA) is 49.2 Å². The van der Waals surface area contributed by atoms with Gasteiger partial charge in [0.15, 0.2) is 22.5 Å². The summed E-state index contributed by atoms with van der Waals surface area (Å²) in [5.74, 6) is 2.05. The molecule has 146 valence electrons. The number of halogens is 2. The Labute approximate surface area is 175 Å². The van der Waals surface area contributed by atoms with Crippen molar-refractivity contribution in [2.75, 3.05) is 14.2 Å². The quantitative estimate of drug-likeness (QED) is 0.333. The number of rotatable bonds is 8. The average molecular weight is 464 g/mol. The van der Waals surface area contributed by atoms with Crippen LogP contribution in [0.1, 0.15) is 5.56 Å². The zero-order chi connectivity index (χ0) is 20.1. The average Bonchev–Trinajstić information content (AvgIpc) is 3.10. The van der Waals surface area contributed by atoms with E-state index in [0.717, 1.165) is 10.0 Å². The lowest BCUT2D eigenvalue weighted by Gasteiger charge is -2.13. The van der Waals surface area contributed by atoms with Gasteiger partial charge in [-0.15, -0.1) is 16.8 Å². The first-order chi connectivity index (χ1) is 13.6. The number of nitrogens with zero attached hydrogens (tertiary/aromatic N) is 3. The van der Waals surface area contributed by atoms with Gasteiger partial charge in [0.05, 0.1) is 24.3 Å². The lowest BCUT2D eigenvalue weighted by atomic mass is 10.2. The summed E-state index contributed by atoms with van der Waals surface area (Å²) in [6.07, 6.45) is 1.74. The zero-order valence-electron chi connectivity index (χ0n) is 15.5. The zero-order valence-corrected chi connectivity index (χ0v) is 17.9. The van der Waals surface area contributed by atoms with Crippen molar-refractivity contribution in [2.24, 2.45) is 0 Å². The summed E-state index contributed by atoms with van der Waals surface area (Å²) in [6.45, 7) is 4.27. The molecule has 28 heavy (non-hydrogen) atoms. The molecule has 2 aromatic carbocycles. The standard InChI is InChI=1S/C20H19BrFN3O2S/c1-4-11-25-19(14-7-5-6-8-15(14)22)23-24-20(25)28-12-13-9-10-16(26-2)18(27-3)17(13)21/h4-10H,1,11-12H2,2-3H3. The third-order valence-electron chi connectivity index (χ3n) is 4.07. The van der Waals surface area contributed by atoms with Gasteiger partial charge in [-0.3, -0.25) is 4.57 Å². The van der Waals surface area contributed by atoms with Crippen molar-refractivity contribution in [3.8, 4) is 22.9 Å².